The average molecular weight is 331 g/mol. The zero-order valence-electron chi connectivity index (χ0n) is 15.1. The number of carbonyl (C=O) groups excluding carboxylic acids is 2. The lowest BCUT2D eigenvalue weighted by Crippen LogP contribution is -2.51. The van der Waals surface area contributed by atoms with Crippen molar-refractivity contribution in [2.45, 2.75) is 64.9 Å². The van der Waals surface area contributed by atoms with Crippen LogP contribution in [-0.2, 0) is 14.3 Å². The number of rotatable bonds is 2. The molecule has 2 bridgehead atoms. The Balaban J connectivity index is 1.70. The molecule has 3 saturated carbocycles. The molecule has 1 heterocycles. The molecule has 0 unspecified atom stereocenters. The Bertz CT molecular complexity index is 600. The molecule has 7 atom stereocenters. The largest absolute Gasteiger partial charge is 0.462 e. The lowest BCUT2D eigenvalue weighted by atomic mass is 9.50. The van der Waals surface area contributed by atoms with Gasteiger partial charge in [0.2, 0.25) is 0 Å². The van der Waals surface area contributed by atoms with Crippen molar-refractivity contribution < 1.29 is 14.3 Å². The molecule has 0 spiro atoms. The summed E-state index contributed by atoms with van der Waals surface area (Å²) >= 11 is 0. The van der Waals surface area contributed by atoms with E-state index in [4.69, 9.17) is 4.74 Å². The summed E-state index contributed by atoms with van der Waals surface area (Å²) in [4.78, 5) is 29.3. The standard InChI is InChI=1S/C20H29NO3/c1-19(8-6-12-10-16(19)18(23)24-12)15-7-9-20(2)14(4-5-17(20)22)13(15)11-21-3/h11-16H,4-10H2,1-3H3/t12-,13+,14+,15+,16-,19-,20+/m1/s1. The number of ketones is 1. The van der Waals surface area contributed by atoms with Crippen LogP contribution in [0.2, 0.25) is 0 Å². The van der Waals surface area contributed by atoms with Crippen molar-refractivity contribution in [1.82, 2.24) is 0 Å². The minimum atomic E-state index is -0.175. The number of fused-ring (bicyclic) bond motifs is 3. The predicted molar refractivity (Wildman–Crippen MR) is 91.8 cm³/mol. The van der Waals surface area contributed by atoms with Gasteiger partial charge in [0.05, 0.1) is 5.92 Å². The summed E-state index contributed by atoms with van der Waals surface area (Å²) in [6.07, 6.45) is 8.89. The normalized spacial score (nSPS) is 51.0. The molecule has 24 heavy (non-hydrogen) atoms. The van der Waals surface area contributed by atoms with E-state index in [1.54, 1.807) is 0 Å². The molecule has 4 fully saturated rings. The summed E-state index contributed by atoms with van der Waals surface area (Å²) in [5.74, 6) is 1.63. The summed E-state index contributed by atoms with van der Waals surface area (Å²) in [5, 5.41) is 0. The van der Waals surface area contributed by atoms with Crippen LogP contribution >= 0.6 is 0 Å². The molecule has 4 nitrogen and oxygen atoms in total. The van der Waals surface area contributed by atoms with E-state index in [2.05, 4.69) is 25.1 Å². The molecule has 1 aliphatic heterocycles. The van der Waals surface area contributed by atoms with Crippen LogP contribution in [0.15, 0.2) is 4.99 Å². The topological polar surface area (TPSA) is 55.7 Å². The van der Waals surface area contributed by atoms with E-state index >= 15 is 0 Å². The zero-order valence-corrected chi connectivity index (χ0v) is 15.1. The third kappa shape index (κ3) is 2.07. The molecule has 0 radical (unpaired) electrons. The Morgan fingerprint density at radius 2 is 1.92 bits per heavy atom. The van der Waals surface area contributed by atoms with Crippen LogP contribution in [0, 0.1) is 34.5 Å². The van der Waals surface area contributed by atoms with Crippen LogP contribution in [0.1, 0.15) is 58.8 Å². The second-order valence-electron chi connectivity index (χ2n) is 9.01. The molecule has 1 saturated heterocycles. The highest BCUT2D eigenvalue weighted by atomic mass is 16.6. The second-order valence-corrected chi connectivity index (χ2v) is 9.01. The average Bonchev–Trinajstić information content (AvgIpc) is 3.03. The molecule has 0 aromatic rings. The number of nitrogens with zero attached hydrogens (tertiary/aromatic N) is 1. The van der Waals surface area contributed by atoms with E-state index in [0.29, 0.717) is 30.0 Å². The smallest absolute Gasteiger partial charge is 0.309 e. The number of aliphatic imine (C=N–C) groups is 1. The van der Waals surface area contributed by atoms with E-state index in [0.717, 1.165) is 38.5 Å². The molecular formula is C20H29NO3. The van der Waals surface area contributed by atoms with Crippen LogP contribution in [0.4, 0.5) is 0 Å². The van der Waals surface area contributed by atoms with Gasteiger partial charge in [-0.05, 0) is 55.8 Å². The summed E-state index contributed by atoms with van der Waals surface area (Å²) in [7, 11) is 1.84. The fourth-order valence-corrected chi connectivity index (χ4v) is 6.58. The van der Waals surface area contributed by atoms with Crippen molar-refractivity contribution in [2.75, 3.05) is 7.05 Å². The van der Waals surface area contributed by atoms with Crippen molar-refractivity contribution in [1.29, 1.82) is 0 Å². The highest BCUT2D eigenvalue weighted by Crippen LogP contribution is 2.62. The Kier molecular flexibility index (Phi) is 3.67. The number of hydrogen-bond donors (Lipinski definition) is 0. The van der Waals surface area contributed by atoms with Gasteiger partial charge in [-0.15, -0.1) is 0 Å². The minimum absolute atomic E-state index is 0.0110. The van der Waals surface area contributed by atoms with E-state index < -0.39 is 0 Å². The van der Waals surface area contributed by atoms with Crippen LogP contribution in [0.25, 0.3) is 0 Å². The van der Waals surface area contributed by atoms with E-state index in [9.17, 15) is 9.59 Å². The van der Waals surface area contributed by atoms with Crippen LogP contribution in [0.5, 0.6) is 0 Å². The van der Waals surface area contributed by atoms with Gasteiger partial charge in [-0.25, -0.2) is 0 Å². The third-order valence-corrected chi connectivity index (χ3v) is 8.08. The Hall–Kier alpha value is -1.19. The van der Waals surface area contributed by atoms with Crippen molar-refractivity contribution in [2.24, 2.45) is 39.5 Å². The van der Waals surface area contributed by atoms with Crippen LogP contribution in [-0.4, -0.2) is 31.1 Å². The van der Waals surface area contributed by atoms with Gasteiger partial charge in [-0.3, -0.25) is 9.59 Å². The highest BCUT2D eigenvalue weighted by molar-refractivity contribution is 5.88. The van der Waals surface area contributed by atoms with E-state index in [1.165, 1.54) is 0 Å². The molecule has 0 amide bonds. The molecule has 0 aromatic carbocycles. The fraction of sp³-hybridized carbons (Fsp3) is 0.850. The van der Waals surface area contributed by atoms with Gasteiger partial charge in [0, 0.05) is 31.0 Å². The molecule has 0 N–H and O–H groups in total. The molecule has 0 aromatic heterocycles. The van der Waals surface area contributed by atoms with Crippen molar-refractivity contribution in [3.8, 4) is 0 Å². The molecule has 132 valence electrons. The zero-order chi connectivity index (χ0) is 17.1. The summed E-state index contributed by atoms with van der Waals surface area (Å²) in [6, 6.07) is 0. The summed E-state index contributed by atoms with van der Waals surface area (Å²) in [5.41, 5.74) is -0.186. The third-order valence-electron chi connectivity index (χ3n) is 8.08. The molecular weight excluding hydrogens is 302 g/mol. The van der Waals surface area contributed by atoms with E-state index in [-0.39, 0.29) is 28.8 Å². The number of carbonyl (C=O) groups is 2. The van der Waals surface area contributed by atoms with E-state index in [1.807, 2.05) is 7.05 Å². The second kappa shape index (κ2) is 5.40. The van der Waals surface area contributed by atoms with Crippen LogP contribution in [0.3, 0.4) is 0 Å². The predicted octanol–water partition coefficient (Wildman–Crippen LogP) is 3.43. The monoisotopic (exact) mass is 331 g/mol. The number of hydrogen-bond acceptors (Lipinski definition) is 4. The van der Waals surface area contributed by atoms with Crippen LogP contribution < -0.4 is 0 Å². The van der Waals surface area contributed by atoms with Gasteiger partial charge >= 0.3 is 5.97 Å². The Morgan fingerprint density at radius 1 is 1.12 bits per heavy atom. The Labute approximate surface area is 144 Å². The minimum Gasteiger partial charge on any atom is -0.462 e. The van der Waals surface area contributed by atoms with Crippen molar-refractivity contribution >= 4 is 18.0 Å². The quantitative estimate of drug-likeness (QED) is 0.575. The van der Waals surface area contributed by atoms with Gasteiger partial charge < -0.3 is 9.73 Å². The molecule has 4 aliphatic rings. The first-order chi connectivity index (χ1) is 11.4. The molecule has 4 rings (SSSR count). The maximum Gasteiger partial charge on any atom is 0.309 e. The fourth-order valence-electron chi connectivity index (χ4n) is 6.58. The number of Topliss-reactive ketones (excluding diaryl/α,β-unsaturated/α-hetero) is 1. The number of ether oxygens (including phenoxy) is 1. The summed E-state index contributed by atoms with van der Waals surface area (Å²) < 4.78 is 5.56. The first-order valence-electron chi connectivity index (χ1n) is 9.56. The first-order valence-corrected chi connectivity index (χ1v) is 9.56. The first kappa shape index (κ1) is 16.3. The maximum absolute atomic E-state index is 12.5. The molecule has 3 aliphatic carbocycles. The SMILES string of the molecule is CN=C[C@@H]1[C@@H]([C@@]2(C)CC[C@@H]3C[C@@H]2C(=O)O3)CC[C@]2(C)C(=O)CC[C@@H]12. The van der Waals surface area contributed by atoms with Gasteiger partial charge in [0.15, 0.2) is 0 Å². The lowest BCUT2D eigenvalue weighted by molar-refractivity contribution is -0.147. The van der Waals surface area contributed by atoms with Gasteiger partial charge in [0.1, 0.15) is 11.9 Å². The van der Waals surface area contributed by atoms with Crippen molar-refractivity contribution in [3.05, 3.63) is 0 Å². The van der Waals surface area contributed by atoms with Gasteiger partial charge in [-0.1, -0.05) is 13.8 Å². The number of esters is 1. The molecule has 4 heteroatoms. The lowest BCUT2D eigenvalue weighted by Gasteiger charge is -2.52. The summed E-state index contributed by atoms with van der Waals surface area (Å²) in [6.45, 7) is 4.48. The highest BCUT2D eigenvalue weighted by Gasteiger charge is 2.61. The Morgan fingerprint density at radius 3 is 2.67 bits per heavy atom. The van der Waals surface area contributed by atoms with Gasteiger partial charge in [-0.2, -0.15) is 0 Å². The van der Waals surface area contributed by atoms with Gasteiger partial charge in [0.25, 0.3) is 0 Å². The maximum atomic E-state index is 12.5. The van der Waals surface area contributed by atoms with Crippen molar-refractivity contribution in [3.63, 3.8) is 0 Å².